The van der Waals surface area contributed by atoms with E-state index in [0.29, 0.717) is 26.2 Å². The quantitative estimate of drug-likeness (QED) is 0.0322. The van der Waals surface area contributed by atoms with Crippen LogP contribution in [-0.2, 0) is 42.8 Å². The number of aromatic amines is 3. The predicted molar refractivity (Wildman–Crippen MR) is 271 cm³/mol. The largest absolute Gasteiger partial charge is 0.478 e. The van der Waals surface area contributed by atoms with Crippen LogP contribution in [0.2, 0.25) is 0 Å². The normalized spacial score (nSPS) is 23.1. The highest BCUT2D eigenvalue weighted by molar-refractivity contribution is 5.92. The Morgan fingerprint density at radius 1 is 0.566 bits per heavy atom. The van der Waals surface area contributed by atoms with Gasteiger partial charge in [0, 0.05) is 97.0 Å². The van der Waals surface area contributed by atoms with Crippen molar-refractivity contribution in [3.63, 3.8) is 0 Å². The number of rotatable bonds is 23. The van der Waals surface area contributed by atoms with E-state index in [1.165, 1.54) is 73.4 Å². The highest BCUT2D eigenvalue weighted by atomic mass is 16.6. The van der Waals surface area contributed by atoms with E-state index in [1.54, 1.807) is 0 Å². The van der Waals surface area contributed by atoms with Gasteiger partial charge < -0.3 is 70.9 Å². The van der Waals surface area contributed by atoms with Crippen LogP contribution in [0.4, 0.5) is 0 Å². The molecule has 3 saturated heterocycles. The van der Waals surface area contributed by atoms with Crippen LogP contribution >= 0.6 is 0 Å². The van der Waals surface area contributed by atoms with E-state index in [2.05, 4.69) is 25.6 Å². The summed E-state index contributed by atoms with van der Waals surface area (Å²) in [5, 5.41) is 43.7. The van der Waals surface area contributed by atoms with Gasteiger partial charge in [0.2, 0.25) is 11.8 Å². The molecule has 0 aliphatic carbocycles. The summed E-state index contributed by atoms with van der Waals surface area (Å²) in [5.41, 5.74) is 7.00. The van der Waals surface area contributed by atoms with Crippen LogP contribution in [0, 0.1) is 0 Å². The highest BCUT2D eigenvalue weighted by Crippen LogP contribution is 2.30. The third-order valence-corrected chi connectivity index (χ3v) is 11.6. The van der Waals surface area contributed by atoms with Crippen molar-refractivity contribution in [1.82, 2.24) is 39.3 Å². The lowest BCUT2D eigenvalue weighted by Gasteiger charge is -2.15. The third-order valence-electron chi connectivity index (χ3n) is 11.6. The second-order valence-corrected chi connectivity index (χ2v) is 17.3. The highest BCUT2D eigenvalue weighted by Gasteiger charge is 2.37. The first kappa shape index (κ1) is 61.8. The number of aliphatic hydroxyl groups excluding tert-OH is 3. The topological polar surface area (TPSA) is 428 Å². The van der Waals surface area contributed by atoms with Crippen LogP contribution in [0.5, 0.6) is 0 Å². The molecule has 0 spiro atoms. The van der Waals surface area contributed by atoms with Gasteiger partial charge in [-0.15, -0.1) is 0 Å². The number of H-pyrrole nitrogens is 3. The van der Waals surface area contributed by atoms with E-state index >= 15 is 0 Å². The number of unbranched alkanes of at least 4 members (excludes halogenated alkanes) is 3. The van der Waals surface area contributed by atoms with Crippen molar-refractivity contribution in [1.29, 1.82) is 0 Å². The number of ether oxygens (including phenoxy) is 6. The van der Waals surface area contributed by atoms with Gasteiger partial charge in [-0.3, -0.25) is 52.6 Å². The molecular weight excluding hydrogens is 1010 g/mol. The average molecular weight is 1080 g/mol. The zero-order valence-electron chi connectivity index (χ0n) is 42.2. The number of aliphatic hydroxyl groups is 3. The number of nitrogens with two attached hydrogens (primary N) is 2. The number of hydrogen-bond donors (Lipinski definition) is 11. The molecule has 3 fully saturated rings. The Morgan fingerprint density at radius 2 is 0.908 bits per heavy atom. The van der Waals surface area contributed by atoms with Crippen LogP contribution in [0.3, 0.4) is 0 Å². The molecule has 9 atom stereocenters. The summed E-state index contributed by atoms with van der Waals surface area (Å²) in [6, 6.07) is 0. The average Bonchev–Trinajstić information content (AvgIpc) is 4.06. The standard InChI is InChI=1S/C19H30N4O6.C15H22N4O6.C13H16N2O7/c1-28-12-15-14(24)10-17(29-15)23-11-13(18(26)22-19(23)27)6-7-16(25)21-9-5-3-2-4-8-20;1-24-8-11-10(20)6-13(25-11)19-7-9(14(22)18-15(19)23)2-3-12(21)17-5-4-16;1-21-6-9-8(16)4-10(22-9)15-5-7(2-3-11(17)18)12(19)14-13(15)20/h6-7,11,14-15,17,24H,2-5,8-10,12,20H2,1H3,(H,21,25)(H,22,26,27);2-3,7,10-11,13,20H,4-6,8,16H2,1H3,(H,17,21)(H,18,22,23);2-3,5,8-10,16H,4,6H2,1H3,(H,17,18)(H,14,19,20)/b7-6+;2*3-2+/t14?,15-,17-;10?,11-,13-;8?,9-,10-/m111/s1. The van der Waals surface area contributed by atoms with Gasteiger partial charge in [-0.25, -0.2) is 19.2 Å². The van der Waals surface area contributed by atoms with E-state index < -0.39 is 101 Å². The molecule has 2 amide bonds. The van der Waals surface area contributed by atoms with E-state index in [9.17, 15) is 58.5 Å². The van der Waals surface area contributed by atoms with Crippen LogP contribution in [0.1, 0.15) is 80.3 Å². The minimum atomic E-state index is -1.22. The zero-order valence-corrected chi connectivity index (χ0v) is 42.2. The second kappa shape index (κ2) is 31.3. The molecule has 29 heteroatoms. The summed E-state index contributed by atoms with van der Waals surface area (Å²) in [5.74, 6) is -1.95. The molecule has 0 saturated carbocycles. The monoisotopic (exact) mass is 1080 g/mol. The molecule has 0 bridgehead atoms. The fraction of sp³-hybridized carbons (Fsp3) is 0.553. The number of carboxylic acid groups (broad SMARTS) is 1. The van der Waals surface area contributed by atoms with E-state index in [4.69, 9.17) is 45.0 Å². The lowest BCUT2D eigenvalue weighted by molar-refractivity contribution is -0.131. The Balaban J connectivity index is 0.000000249. The molecule has 3 aliphatic heterocycles. The number of carboxylic acids is 1. The number of nitrogens with zero attached hydrogens (tertiary/aromatic N) is 3. The third kappa shape index (κ3) is 18.8. The Labute approximate surface area is 432 Å². The van der Waals surface area contributed by atoms with Crippen LogP contribution in [-0.4, -0.2) is 171 Å². The van der Waals surface area contributed by atoms with Crippen molar-refractivity contribution in [2.75, 3.05) is 67.3 Å². The van der Waals surface area contributed by atoms with Gasteiger partial charge >= 0.3 is 23.0 Å². The zero-order chi connectivity index (χ0) is 55.9. The molecule has 13 N–H and O–H groups in total. The minimum Gasteiger partial charge on any atom is -0.478 e. The van der Waals surface area contributed by atoms with Crippen molar-refractivity contribution < 1.29 is 63.2 Å². The van der Waals surface area contributed by atoms with Gasteiger partial charge in [0.05, 0.1) is 54.8 Å². The Kier molecular flexibility index (Phi) is 25.5. The summed E-state index contributed by atoms with van der Waals surface area (Å²) in [6.07, 6.45) is 8.80. The Hall–Kier alpha value is -6.77. The molecule has 29 nitrogen and oxygen atoms in total. The van der Waals surface area contributed by atoms with Gasteiger partial charge in [0.1, 0.15) is 37.0 Å². The summed E-state index contributed by atoms with van der Waals surface area (Å²) >= 11 is 0. The van der Waals surface area contributed by atoms with Crippen molar-refractivity contribution >= 4 is 36.0 Å². The van der Waals surface area contributed by atoms with E-state index in [-0.39, 0.29) is 61.7 Å². The van der Waals surface area contributed by atoms with E-state index in [1.807, 2.05) is 0 Å². The molecule has 0 aromatic carbocycles. The molecule has 3 aromatic rings. The number of aromatic nitrogens is 6. The fourth-order valence-corrected chi connectivity index (χ4v) is 7.74. The molecule has 3 aromatic heterocycles. The van der Waals surface area contributed by atoms with Crippen molar-refractivity contribution in [3.05, 3.63) is 116 Å². The number of carbonyl (C=O) groups is 3. The number of nitrogens with one attached hydrogen (secondary N) is 5. The van der Waals surface area contributed by atoms with Crippen LogP contribution in [0.15, 0.2) is 65.6 Å². The summed E-state index contributed by atoms with van der Waals surface area (Å²) < 4.78 is 35.1. The molecule has 0 radical (unpaired) electrons. The number of methoxy groups -OCH3 is 3. The summed E-state index contributed by atoms with van der Waals surface area (Å²) in [4.78, 5) is 112. The van der Waals surface area contributed by atoms with E-state index in [0.717, 1.165) is 42.4 Å². The minimum absolute atomic E-state index is 0.00437. The summed E-state index contributed by atoms with van der Waals surface area (Å²) in [6.45, 7) is 2.37. The number of aliphatic carboxylic acids is 1. The van der Waals surface area contributed by atoms with Crippen LogP contribution in [0.25, 0.3) is 18.2 Å². The maximum Gasteiger partial charge on any atom is 0.330 e. The smallest absolute Gasteiger partial charge is 0.330 e. The van der Waals surface area contributed by atoms with Crippen molar-refractivity contribution in [2.45, 2.75) is 100 Å². The van der Waals surface area contributed by atoms with Gasteiger partial charge in [0.25, 0.3) is 16.7 Å². The van der Waals surface area contributed by atoms with Crippen molar-refractivity contribution in [2.24, 2.45) is 11.5 Å². The SMILES string of the molecule is COC[C@H]1O[C@@H](n2cc(/C=C/C(=O)NCCCCCCN)c(=O)[nH]c2=O)CC1O.COC[C@H]1O[C@@H](n2cc(/C=C/C(=O)NCCN)c(=O)[nH]c2=O)CC1O.COC[C@H]1O[C@@H](n2cc(/C=C/C(=O)O)c(=O)[nH]c2=O)CC1O. The maximum absolute atomic E-state index is 12.1. The molecule has 3 unspecified atom stereocenters. The Morgan fingerprint density at radius 3 is 1.24 bits per heavy atom. The van der Waals surface area contributed by atoms with Crippen molar-refractivity contribution in [3.8, 4) is 0 Å². The fourth-order valence-electron chi connectivity index (χ4n) is 7.74. The number of amides is 2. The molecular formula is C47H68N10O19. The first-order valence-electron chi connectivity index (χ1n) is 24.1. The Bertz CT molecular complexity index is 2830. The number of hydrogen-bond acceptors (Lipinski definition) is 20. The lowest BCUT2D eigenvalue weighted by Crippen LogP contribution is -2.33. The maximum atomic E-state index is 12.1. The second-order valence-electron chi connectivity index (χ2n) is 17.3. The molecule has 76 heavy (non-hydrogen) atoms. The summed E-state index contributed by atoms with van der Waals surface area (Å²) in [7, 11) is 4.43. The molecule has 3 aliphatic rings. The van der Waals surface area contributed by atoms with Gasteiger partial charge in [-0.1, -0.05) is 12.8 Å². The van der Waals surface area contributed by atoms with Gasteiger partial charge in [0.15, 0.2) is 0 Å². The van der Waals surface area contributed by atoms with Gasteiger partial charge in [-0.2, -0.15) is 0 Å². The van der Waals surface area contributed by atoms with Crippen LogP contribution < -0.4 is 55.8 Å². The predicted octanol–water partition coefficient (Wildman–Crippen LogP) is -3.67. The molecule has 420 valence electrons. The lowest BCUT2D eigenvalue weighted by atomic mass is 10.2. The first-order chi connectivity index (χ1) is 36.3. The molecule has 6 rings (SSSR count). The first-order valence-corrected chi connectivity index (χ1v) is 24.1. The van der Waals surface area contributed by atoms with Gasteiger partial charge in [-0.05, 0) is 37.6 Å². The molecule has 6 heterocycles. The number of carbonyl (C=O) groups excluding carboxylic acids is 2.